The lowest BCUT2D eigenvalue weighted by molar-refractivity contribution is 0.261. The van der Waals surface area contributed by atoms with Gasteiger partial charge in [-0.25, -0.2) is 0 Å². The van der Waals surface area contributed by atoms with Crippen molar-refractivity contribution in [3.63, 3.8) is 0 Å². The van der Waals surface area contributed by atoms with Crippen molar-refractivity contribution in [3.05, 3.63) is 6.54 Å². The quantitative estimate of drug-likeness (QED) is 0.449. The first-order valence-electron chi connectivity index (χ1n) is 3.20. The minimum Gasteiger partial charge on any atom is -0.316 e. The predicted molar refractivity (Wildman–Crippen MR) is 32.2 cm³/mol. The van der Waals surface area contributed by atoms with Crippen LogP contribution in [-0.4, -0.2) is 19.6 Å². The third kappa shape index (κ3) is 0.501. The van der Waals surface area contributed by atoms with E-state index in [1.54, 1.807) is 0 Å². The van der Waals surface area contributed by atoms with Crippen LogP contribution in [0.15, 0.2) is 0 Å². The second-order valence-corrected chi connectivity index (χ2v) is 2.81. The largest absolute Gasteiger partial charge is 0.316 e. The van der Waals surface area contributed by atoms with Gasteiger partial charge < -0.3 is 10.6 Å². The van der Waals surface area contributed by atoms with Gasteiger partial charge >= 0.3 is 0 Å². The van der Waals surface area contributed by atoms with Crippen molar-refractivity contribution in [3.8, 4) is 0 Å². The molecule has 2 heteroatoms. The average Bonchev–Trinajstić information content (AvgIpc) is 2.07. The Kier molecular flexibility index (Phi) is 0.866. The fourth-order valence-corrected chi connectivity index (χ4v) is 1.43. The highest BCUT2D eigenvalue weighted by Gasteiger charge is 2.39. The van der Waals surface area contributed by atoms with Gasteiger partial charge in [0.2, 0.25) is 0 Å². The third-order valence-corrected chi connectivity index (χ3v) is 2.14. The van der Waals surface area contributed by atoms with Gasteiger partial charge in [0.15, 0.2) is 0 Å². The number of rotatable bonds is 0. The van der Waals surface area contributed by atoms with E-state index in [0.717, 1.165) is 0 Å². The van der Waals surface area contributed by atoms with Crippen LogP contribution in [0.4, 0.5) is 0 Å². The van der Waals surface area contributed by atoms with Crippen LogP contribution in [0.2, 0.25) is 0 Å². The van der Waals surface area contributed by atoms with Crippen LogP contribution in [0.25, 0.3) is 0 Å². The summed E-state index contributed by atoms with van der Waals surface area (Å²) in [5.74, 6) is 0. The van der Waals surface area contributed by atoms with Crippen LogP contribution in [0.5, 0.6) is 0 Å². The Bertz CT molecular complexity index is 88.7. The van der Waals surface area contributed by atoms with Gasteiger partial charge in [-0.2, -0.15) is 0 Å². The summed E-state index contributed by atoms with van der Waals surface area (Å²) >= 11 is 0. The van der Waals surface area contributed by atoms with Crippen molar-refractivity contribution in [2.75, 3.05) is 19.6 Å². The Morgan fingerprint density at radius 3 is 2.50 bits per heavy atom. The summed E-state index contributed by atoms with van der Waals surface area (Å²) in [5.41, 5.74) is 0.569. The highest BCUT2D eigenvalue weighted by Crippen LogP contribution is 2.32. The molecule has 2 aliphatic rings. The maximum atomic E-state index is 3.34. The zero-order valence-corrected chi connectivity index (χ0v) is 4.91. The monoisotopic (exact) mass is 111 g/mol. The summed E-state index contributed by atoms with van der Waals surface area (Å²) < 4.78 is 0. The fraction of sp³-hybridized carbons (Fsp3) is 0.833. The zero-order chi connectivity index (χ0) is 5.45. The lowest BCUT2D eigenvalue weighted by Gasteiger charge is -2.37. The molecule has 0 amide bonds. The molecule has 2 rings (SSSR count). The third-order valence-electron chi connectivity index (χ3n) is 2.14. The van der Waals surface area contributed by atoms with Crippen molar-refractivity contribution in [2.45, 2.75) is 6.42 Å². The summed E-state index contributed by atoms with van der Waals surface area (Å²) in [5, 5.41) is 6.52. The van der Waals surface area contributed by atoms with Crippen LogP contribution < -0.4 is 10.6 Å². The topological polar surface area (TPSA) is 24.1 Å². The van der Waals surface area contributed by atoms with Crippen LogP contribution in [0.3, 0.4) is 0 Å². The summed E-state index contributed by atoms with van der Waals surface area (Å²) in [6.07, 6.45) is 1.33. The molecular weight excluding hydrogens is 100 g/mol. The summed E-state index contributed by atoms with van der Waals surface area (Å²) in [6.45, 7) is 5.82. The Morgan fingerprint density at radius 1 is 1.38 bits per heavy atom. The normalized spacial score (nSPS) is 33.0. The lowest BCUT2D eigenvalue weighted by atomic mass is 9.81. The minimum absolute atomic E-state index is 0.569. The van der Waals surface area contributed by atoms with Gasteiger partial charge in [0.05, 0.1) is 0 Å². The summed E-state index contributed by atoms with van der Waals surface area (Å²) in [4.78, 5) is 0. The van der Waals surface area contributed by atoms with Gasteiger partial charge in [-0.3, -0.25) is 0 Å². The molecule has 1 radical (unpaired) electrons. The average molecular weight is 111 g/mol. The van der Waals surface area contributed by atoms with E-state index in [1.165, 1.54) is 26.1 Å². The molecule has 2 saturated heterocycles. The maximum absolute atomic E-state index is 3.34. The second-order valence-electron chi connectivity index (χ2n) is 2.81. The fourth-order valence-electron chi connectivity index (χ4n) is 1.43. The molecule has 1 spiro atoms. The maximum Gasteiger partial charge on any atom is 0.0308 e. The van der Waals surface area contributed by atoms with E-state index in [2.05, 4.69) is 17.2 Å². The van der Waals surface area contributed by atoms with Gasteiger partial charge in [-0.15, -0.1) is 0 Å². The minimum atomic E-state index is 0.569. The molecule has 0 aliphatic carbocycles. The van der Waals surface area contributed by atoms with E-state index in [-0.39, 0.29) is 0 Å². The number of hydrogen-bond acceptors (Lipinski definition) is 2. The van der Waals surface area contributed by atoms with E-state index >= 15 is 0 Å². The molecule has 0 aromatic carbocycles. The van der Waals surface area contributed by atoms with Crippen molar-refractivity contribution in [1.82, 2.24) is 10.6 Å². The van der Waals surface area contributed by atoms with E-state index in [0.29, 0.717) is 5.41 Å². The first-order valence-corrected chi connectivity index (χ1v) is 3.20. The Balaban J connectivity index is 2.01. The summed E-state index contributed by atoms with van der Waals surface area (Å²) in [7, 11) is 0. The van der Waals surface area contributed by atoms with Crippen LogP contribution >= 0.6 is 0 Å². The van der Waals surface area contributed by atoms with Gasteiger partial charge in [-0.1, -0.05) is 0 Å². The van der Waals surface area contributed by atoms with E-state index in [1.807, 2.05) is 0 Å². The van der Waals surface area contributed by atoms with Crippen molar-refractivity contribution >= 4 is 0 Å². The van der Waals surface area contributed by atoms with E-state index in [4.69, 9.17) is 0 Å². The molecule has 0 bridgehead atoms. The molecule has 2 aliphatic heterocycles. The first kappa shape index (κ1) is 4.77. The predicted octanol–water partition coefficient (Wildman–Crippen LogP) is -0.269. The SMILES string of the molecule is [CH]1NCC12CCNC2. The van der Waals surface area contributed by atoms with Crippen LogP contribution in [0, 0.1) is 12.0 Å². The molecule has 0 aromatic heterocycles. The highest BCUT2D eigenvalue weighted by atomic mass is 15.1. The molecule has 0 aromatic rings. The highest BCUT2D eigenvalue weighted by molar-refractivity contribution is 5.06. The van der Waals surface area contributed by atoms with Gasteiger partial charge in [0.25, 0.3) is 0 Å². The van der Waals surface area contributed by atoms with Crippen molar-refractivity contribution in [1.29, 1.82) is 0 Å². The first-order chi connectivity index (χ1) is 3.91. The molecule has 0 saturated carbocycles. The molecule has 8 heavy (non-hydrogen) atoms. The zero-order valence-electron chi connectivity index (χ0n) is 4.91. The van der Waals surface area contributed by atoms with Gasteiger partial charge in [-0.05, 0) is 13.0 Å². The van der Waals surface area contributed by atoms with Crippen molar-refractivity contribution in [2.24, 2.45) is 5.41 Å². The van der Waals surface area contributed by atoms with Gasteiger partial charge in [0.1, 0.15) is 0 Å². The lowest BCUT2D eigenvalue weighted by Crippen LogP contribution is -2.49. The molecule has 1 atom stereocenters. The Labute approximate surface area is 49.7 Å². The molecule has 2 N–H and O–H groups in total. The molecule has 2 heterocycles. The smallest absolute Gasteiger partial charge is 0.0308 e. The van der Waals surface area contributed by atoms with Crippen LogP contribution in [0.1, 0.15) is 6.42 Å². The molecular formula is C6H11N2. The standard InChI is InChI=1S/C6H11N2/c1-2-7-3-6(1)4-8-5-6/h4,7-8H,1-3,5H2. The van der Waals surface area contributed by atoms with E-state index in [9.17, 15) is 0 Å². The number of hydrogen-bond donors (Lipinski definition) is 2. The summed E-state index contributed by atoms with van der Waals surface area (Å²) in [6, 6.07) is 0. The molecule has 45 valence electrons. The Hall–Kier alpha value is -0.0800. The van der Waals surface area contributed by atoms with E-state index < -0.39 is 0 Å². The molecule has 1 unspecified atom stereocenters. The Morgan fingerprint density at radius 2 is 2.25 bits per heavy atom. The second kappa shape index (κ2) is 1.45. The molecule has 2 nitrogen and oxygen atoms in total. The molecule has 2 fully saturated rings. The van der Waals surface area contributed by atoms with Gasteiger partial charge in [0, 0.05) is 25.0 Å². The van der Waals surface area contributed by atoms with Crippen molar-refractivity contribution < 1.29 is 0 Å². The van der Waals surface area contributed by atoms with Crippen LogP contribution in [-0.2, 0) is 0 Å². The number of nitrogens with one attached hydrogen (secondary N) is 2.